The number of carboxylic acids is 1. The van der Waals surface area contributed by atoms with Crippen LogP contribution in [-0.4, -0.2) is 52.2 Å². The third kappa shape index (κ3) is 4.72. The van der Waals surface area contributed by atoms with Crippen molar-refractivity contribution in [2.24, 2.45) is 0 Å². The highest BCUT2D eigenvalue weighted by Gasteiger charge is 2.18. The zero-order chi connectivity index (χ0) is 17.8. The van der Waals surface area contributed by atoms with Gasteiger partial charge < -0.3 is 10.2 Å². The molecule has 2 N–H and O–H groups in total. The zero-order valence-electron chi connectivity index (χ0n) is 13.9. The number of hydrogen-bond donors (Lipinski definition) is 2. The number of nitrogens with zero attached hydrogens (tertiary/aromatic N) is 2. The van der Waals surface area contributed by atoms with E-state index in [2.05, 4.69) is 15.9 Å². The van der Waals surface area contributed by atoms with Crippen LogP contribution in [0.1, 0.15) is 21.5 Å². The van der Waals surface area contributed by atoms with Gasteiger partial charge in [-0.2, -0.15) is 0 Å². The van der Waals surface area contributed by atoms with Gasteiger partial charge in [0.2, 0.25) is 0 Å². The van der Waals surface area contributed by atoms with Crippen molar-refractivity contribution in [1.29, 1.82) is 0 Å². The molecule has 1 saturated heterocycles. The van der Waals surface area contributed by atoms with Gasteiger partial charge in [-0.15, -0.1) is 0 Å². The third-order valence-corrected chi connectivity index (χ3v) is 4.69. The zero-order valence-corrected chi connectivity index (χ0v) is 14.6. The Hall–Kier alpha value is -2.08. The summed E-state index contributed by atoms with van der Waals surface area (Å²) in [6.07, 6.45) is 0. The lowest BCUT2D eigenvalue weighted by molar-refractivity contribution is 0.0693. The summed E-state index contributed by atoms with van der Waals surface area (Å²) in [7, 11) is 0. The Morgan fingerprint density at radius 2 is 1.56 bits per heavy atom. The second kappa shape index (κ2) is 7.87. The second-order valence-electron chi connectivity index (χ2n) is 6.34. The van der Waals surface area contributed by atoms with Crippen molar-refractivity contribution in [3.8, 4) is 5.75 Å². The maximum absolute atomic E-state index is 11.1. The number of carbonyl (C=O) groups is 1. The monoisotopic (exact) mass is 360 g/mol. The first-order valence-corrected chi connectivity index (χ1v) is 8.63. The van der Waals surface area contributed by atoms with Gasteiger partial charge in [0.05, 0.1) is 0 Å². The lowest BCUT2D eigenvalue weighted by Gasteiger charge is -2.34. The van der Waals surface area contributed by atoms with Crippen LogP contribution in [-0.2, 0) is 13.1 Å². The van der Waals surface area contributed by atoms with E-state index >= 15 is 0 Å². The lowest BCUT2D eigenvalue weighted by Crippen LogP contribution is -2.45. The highest BCUT2D eigenvalue weighted by molar-refractivity contribution is 6.30. The first-order chi connectivity index (χ1) is 12.0. The largest absolute Gasteiger partial charge is 0.507 e. The molecule has 0 spiro atoms. The van der Waals surface area contributed by atoms with Crippen molar-refractivity contribution in [1.82, 2.24) is 9.80 Å². The van der Waals surface area contributed by atoms with Gasteiger partial charge in [0.25, 0.3) is 0 Å². The van der Waals surface area contributed by atoms with Gasteiger partial charge in [0, 0.05) is 44.3 Å². The topological polar surface area (TPSA) is 64.0 Å². The molecule has 1 fully saturated rings. The van der Waals surface area contributed by atoms with E-state index in [1.165, 1.54) is 11.6 Å². The molecule has 25 heavy (non-hydrogen) atoms. The maximum atomic E-state index is 11.1. The average molecular weight is 361 g/mol. The number of benzene rings is 2. The predicted molar refractivity (Wildman–Crippen MR) is 97.1 cm³/mol. The van der Waals surface area contributed by atoms with Crippen LogP contribution >= 0.6 is 11.6 Å². The van der Waals surface area contributed by atoms with Crippen LogP contribution in [0.5, 0.6) is 5.75 Å². The first-order valence-electron chi connectivity index (χ1n) is 8.25. The molecule has 2 aromatic rings. The van der Waals surface area contributed by atoms with E-state index < -0.39 is 5.97 Å². The van der Waals surface area contributed by atoms with Gasteiger partial charge in [0.15, 0.2) is 0 Å². The maximum Gasteiger partial charge on any atom is 0.339 e. The molecule has 0 unspecified atom stereocenters. The number of aromatic carboxylic acids is 1. The standard InChI is InChI=1S/C19H21ClN2O3/c20-16-3-1-2-14(10-16)12-21-6-8-22(9-7-21)13-15-4-5-18(23)17(11-15)19(24)25/h1-5,10-11,23H,6-9,12-13H2,(H,24,25). The molecule has 3 rings (SSSR count). The van der Waals surface area contributed by atoms with Gasteiger partial charge in [-0.3, -0.25) is 9.80 Å². The van der Waals surface area contributed by atoms with Crippen molar-refractivity contribution in [2.45, 2.75) is 13.1 Å². The Bertz CT molecular complexity index is 758. The van der Waals surface area contributed by atoms with E-state index in [0.717, 1.165) is 43.3 Å². The molecule has 5 nitrogen and oxygen atoms in total. The Labute approximate surface area is 152 Å². The van der Waals surface area contributed by atoms with Gasteiger partial charge in [0.1, 0.15) is 11.3 Å². The number of aromatic hydroxyl groups is 1. The number of halogens is 1. The molecule has 2 aromatic carbocycles. The molecule has 1 heterocycles. The van der Waals surface area contributed by atoms with Crippen LogP contribution in [0, 0.1) is 0 Å². The normalized spacial score (nSPS) is 16.0. The fourth-order valence-corrected chi connectivity index (χ4v) is 3.32. The highest BCUT2D eigenvalue weighted by Crippen LogP contribution is 2.20. The summed E-state index contributed by atoms with van der Waals surface area (Å²) in [6, 6.07) is 12.7. The Morgan fingerprint density at radius 1 is 0.960 bits per heavy atom. The predicted octanol–water partition coefficient (Wildman–Crippen LogP) is 3.06. The fraction of sp³-hybridized carbons (Fsp3) is 0.316. The van der Waals surface area contributed by atoms with Crippen LogP contribution in [0.25, 0.3) is 0 Å². The van der Waals surface area contributed by atoms with E-state index in [1.807, 2.05) is 18.2 Å². The molecule has 0 radical (unpaired) electrons. The molecule has 6 heteroatoms. The Morgan fingerprint density at radius 3 is 2.12 bits per heavy atom. The number of phenols is 1. The molecule has 0 bridgehead atoms. The van der Waals surface area contributed by atoms with Crippen LogP contribution < -0.4 is 0 Å². The van der Waals surface area contributed by atoms with Crippen molar-refractivity contribution in [3.05, 3.63) is 64.2 Å². The molecule has 1 aliphatic heterocycles. The van der Waals surface area contributed by atoms with Crippen LogP contribution in [0.4, 0.5) is 0 Å². The summed E-state index contributed by atoms with van der Waals surface area (Å²) in [5.41, 5.74) is 2.07. The van der Waals surface area contributed by atoms with E-state index in [0.29, 0.717) is 6.54 Å². The smallest absolute Gasteiger partial charge is 0.339 e. The van der Waals surface area contributed by atoms with Gasteiger partial charge in [-0.25, -0.2) is 4.79 Å². The summed E-state index contributed by atoms with van der Waals surface area (Å²) < 4.78 is 0. The minimum absolute atomic E-state index is 0.0444. The molecular weight excluding hydrogens is 340 g/mol. The lowest BCUT2D eigenvalue weighted by atomic mass is 10.1. The SMILES string of the molecule is O=C(O)c1cc(CN2CCN(Cc3cccc(Cl)c3)CC2)ccc1O. The molecule has 0 saturated carbocycles. The number of piperazine rings is 1. The van der Waals surface area contributed by atoms with Crippen LogP contribution in [0.2, 0.25) is 5.02 Å². The minimum atomic E-state index is -1.11. The Balaban J connectivity index is 1.54. The van der Waals surface area contributed by atoms with Crippen LogP contribution in [0.15, 0.2) is 42.5 Å². The van der Waals surface area contributed by atoms with Crippen molar-refractivity contribution in [3.63, 3.8) is 0 Å². The number of rotatable bonds is 5. The van der Waals surface area contributed by atoms with Gasteiger partial charge in [-0.1, -0.05) is 29.8 Å². The Kier molecular flexibility index (Phi) is 5.58. The quantitative estimate of drug-likeness (QED) is 0.858. The minimum Gasteiger partial charge on any atom is -0.507 e. The summed E-state index contributed by atoms with van der Waals surface area (Å²) in [4.78, 5) is 15.8. The van der Waals surface area contributed by atoms with Crippen molar-refractivity contribution in [2.75, 3.05) is 26.2 Å². The molecule has 0 amide bonds. The summed E-state index contributed by atoms with van der Waals surface area (Å²) in [6.45, 7) is 5.32. The van der Waals surface area contributed by atoms with Gasteiger partial charge in [-0.05, 0) is 35.4 Å². The molecule has 0 aliphatic carbocycles. The van der Waals surface area contributed by atoms with Crippen molar-refractivity contribution >= 4 is 17.6 Å². The highest BCUT2D eigenvalue weighted by atomic mass is 35.5. The van der Waals surface area contributed by atoms with E-state index in [9.17, 15) is 9.90 Å². The summed E-state index contributed by atoms with van der Waals surface area (Å²) in [5.74, 6) is -1.30. The van der Waals surface area contributed by atoms with Crippen LogP contribution in [0.3, 0.4) is 0 Å². The average Bonchev–Trinajstić information content (AvgIpc) is 2.58. The molecular formula is C19H21ClN2O3. The van der Waals surface area contributed by atoms with E-state index in [4.69, 9.17) is 16.7 Å². The number of carboxylic acid groups (broad SMARTS) is 1. The fourth-order valence-electron chi connectivity index (χ4n) is 3.11. The second-order valence-corrected chi connectivity index (χ2v) is 6.78. The molecule has 0 atom stereocenters. The summed E-state index contributed by atoms with van der Waals surface area (Å²) in [5, 5.41) is 19.5. The first kappa shape index (κ1) is 17.7. The van der Waals surface area contributed by atoms with Gasteiger partial charge >= 0.3 is 5.97 Å². The van der Waals surface area contributed by atoms with E-state index in [1.54, 1.807) is 12.1 Å². The van der Waals surface area contributed by atoms with Crippen molar-refractivity contribution < 1.29 is 15.0 Å². The van der Waals surface area contributed by atoms with E-state index in [-0.39, 0.29) is 11.3 Å². The molecule has 132 valence electrons. The summed E-state index contributed by atoms with van der Waals surface area (Å²) >= 11 is 6.04. The third-order valence-electron chi connectivity index (χ3n) is 4.46. The number of hydrogen-bond acceptors (Lipinski definition) is 4. The molecule has 0 aromatic heterocycles. The molecule has 1 aliphatic rings.